The largest absolute Gasteiger partial charge is 0.303 e. The van der Waals surface area contributed by atoms with Gasteiger partial charge in [0.1, 0.15) is 0 Å². The molecule has 0 radical (unpaired) electrons. The van der Waals surface area contributed by atoms with E-state index in [1.807, 2.05) is 0 Å². The average molecular weight is 169 g/mol. The number of rotatable bonds is 1. The van der Waals surface area contributed by atoms with E-state index in [0.29, 0.717) is 5.41 Å². The van der Waals surface area contributed by atoms with Gasteiger partial charge < -0.3 is 4.90 Å². The molecule has 1 rings (SSSR count). The van der Waals surface area contributed by atoms with E-state index in [1.165, 1.54) is 32.5 Å². The SMILES string of the molecule is CCN1CCCC(C(C)(C)C)C1. The van der Waals surface area contributed by atoms with Crippen LogP contribution in [0.25, 0.3) is 0 Å². The van der Waals surface area contributed by atoms with Crippen LogP contribution in [0, 0.1) is 11.3 Å². The highest BCUT2D eigenvalue weighted by Gasteiger charge is 2.28. The summed E-state index contributed by atoms with van der Waals surface area (Å²) >= 11 is 0. The molecule has 1 nitrogen and oxygen atoms in total. The molecule has 0 aliphatic carbocycles. The van der Waals surface area contributed by atoms with Gasteiger partial charge >= 0.3 is 0 Å². The molecule has 1 heteroatoms. The van der Waals surface area contributed by atoms with E-state index < -0.39 is 0 Å². The van der Waals surface area contributed by atoms with Gasteiger partial charge in [0.05, 0.1) is 0 Å². The Morgan fingerprint density at radius 3 is 2.50 bits per heavy atom. The maximum absolute atomic E-state index is 2.58. The number of hydrogen-bond acceptors (Lipinski definition) is 1. The van der Waals surface area contributed by atoms with E-state index in [4.69, 9.17) is 0 Å². The molecule has 0 aromatic heterocycles. The fourth-order valence-corrected chi connectivity index (χ4v) is 2.05. The van der Waals surface area contributed by atoms with E-state index in [0.717, 1.165) is 5.92 Å². The molecule has 0 aromatic carbocycles. The Labute approximate surface area is 77.1 Å². The van der Waals surface area contributed by atoms with Crippen molar-refractivity contribution in [1.29, 1.82) is 0 Å². The van der Waals surface area contributed by atoms with Crippen LogP contribution in [-0.2, 0) is 0 Å². The molecule has 1 aliphatic heterocycles. The first-order chi connectivity index (χ1) is 5.54. The van der Waals surface area contributed by atoms with Crippen molar-refractivity contribution >= 4 is 0 Å². The van der Waals surface area contributed by atoms with Crippen LogP contribution in [0.15, 0.2) is 0 Å². The summed E-state index contributed by atoms with van der Waals surface area (Å²) in [5.74, 6) is 0.909. The lowest BCUT2D eigenvalue weighted by atomic mass is 9.76. The summed E-state index contributed by atoms with van der Waals surface area (Å²) in [7, 11) is 0. The average Bonchev–Trinajstić information content (AvgIpc) is 2.03. The summed E-state index contributed by atoms with van der Waals surface area (Å²) in [6.07, 6.45) is 2.83. The second kappa shape index (κ2) is 3.78. The van der Waals surface area contributed by atoms with Crippen LogP contribution < -0.4 is 0 Å². The number of piperidine rings is 1. The molecule has 12 heavy (non-hydrogen) atoms. The summed E-state index contributed by atoms with van der Waals surface area (Å²) < 4.78 is 0. The van der Waals surface area contributed by atoms with Gasteiger partial charge in [-0.15, -0.1) is 0 Å². The van der Waals surface area contributed by atoms with Gasteiger partial charge in [0.2, 0.25) is 0 Å². The second-order valence-electron chi connectivity index (χ2n) is 5.10. The van der Waals surface area contributed by atoms with Gasteiger partial charge in [-0.3, -0.25) is 0 Å². The molecule has 1 saturated heterocycles. The van der Waals surface area contributed by atoms with E-state index in [2.05, 4.69) is 32.6 Å². The lowest BCUT2D eigenvalue weighted by molar-refractivity contribution is 0.103. The molecule has 1 fully saturated rings. The number of likely N-dealkylation sites (tertiary alicyclic amines) is 1. The summed E-state index contributed by atoms with van der Waals surface area (Å²) in [6.45, 7) is 13.3. The summed E-state index contributed by atoms with van der Waals surface area (Å²) in [5, 5.41) is 0. The van der Waals surface area contributed by atoms with Gasteiger partial charge in [0.25, 0.3) is 0 Å². The van der Waals surface area contributed by atoms with Crippen molar-refractivity contribution in [3.63, 3.8) is 0 Å². The monoisotopic (exact) mass is 169 g/mol. The van der Waals surface area contributed by atoms with E-state index in [-0.39, 0.29) is 0 Å². The topological polar surface area (TPSA) is 3.24 Å². The van der Waals surface area contributed by atoms with Crippen LogP contribution >= 0.6 is 0 Å². The Morgan fingerprint density at radius 2 is 2.00 bits per heavy atom. The Balaban J connectivity index is 2.46. The third kappa shape index (κ3) is 2.48. The van der Waals surface area contributed by atoms with Gasteiger partial charge in [-0.2, -0.15) is 0 Å². The first-order valence-electron chi connectivity index (χ1n) is 5.26. The minimum absolute atomic E-state index is 0.508. The van der Waals surface area contributed by atoms with Crippen LogP contribution in [0.3, 0.4) is 0 Å². The van der Waals surface area contributed by atoms with Crippen LogP contribution in [0.4, 0.5) is 0 Å². The zero-order chi connectivity index (χ0) is 9.19. The highest BCUT2D eigenvalue weighted by molar-refractivity contribution is 4.80. The third-order valence-corrected chi connectivity index (χ3v) is 3.18. The molecule has 0 aromatic rings. The van der Waals surface area contributed by atoms with Gasteiger partial charge in [-0.05, 0) is 37.3 Å². The van der Waals surface area contributed by atoms with Crippen molar-refractivity contribution in [1.82, 2.24) is 4.90 Å². The predicted molar refractivity (Wildman–Crippen MR) is 54.3 cm³/mol. The smallest absolute Gasteiger partial charge is 0.00145 e. The Morgan fingerprint density at radius 1 is 1.33 bits per heavy atom. The quantitative estimate of drug-likeness (QED) is 0.583. The highest BCUT2D eigenvalue weighted by Crippen LogP contribution is 2.32. The minimum Gasteiger partial charge on any atom is -0.303 e. The first kappa shape index (κ1) is 10.0. The van der Waals surface area contributed by atoms with E-state index in [1.54, 1.807) is 0 Å². The highest BCUT2D eigenvalue weighted by atomic mass is 15.1. The number of hydrogen-bond donors (Lipinski definition) is 0. The molecule has 0 saturated carbocycles. The molecule has 1 atom stereocenters. The zero-order valence-electron chi connectivity index (χ0n) is 9.06. The molecule has 1 heterocycles. The van der Waals surface area contributed by atoms with Gasteiger partial charge in [-0.1, -0.05) is 27.7 Å². The molecule has 72 valence electrons. The first-order valence-corrected chi connectivity index (χ1v) is 5.26. The minimum atomic E-state index is 0.508. The molecule has 0 bridgehead atoms. The lowest BCUT2D eigenvalue weighted by Crippen LogP contribution is -2.40. The van der Waals surface area contributed by atoms with Crippen LogP contribution in [0.1, 0.15) is 40.5 Å². The van der Waals surface area contributed by atoms with E-state index in [9.17, 15) is 0 Å². The predicted octanol–water partition coefficient (Wildman–Crippen LogP) is 2.76. The van der Waals surface area contributed by atoms with Crippen molar-refractivity contribution in [2.24, 2.45) is 11.3 Å². The van der Waals surface area contributed by atoms with Gasteiger partial charge in [0, 0.05) is 6.54 Å². The Hall–Kier alpha value is -0.0400. The molecule has 1 unspecified atom stereocenters. The van der Waals surface area contributed by atoms with Crippen molar-refractivity contribution in [3.8, 4) is 0 Å². The Bertz CT molecular complexity index is 134. The van der Waals surface area contributed by atoms with Crippen LogP contribution in [0.5, 0.6) is 0 Å². The van der Waals surface area contributed by atoms with Gasteiger partial charge in [0.15, 0.2) is 0 Å². The molecule has 0 spiro atoms. The molecular weight excluding hydrogens is 146 g/mol. The third-order valence-electron chi connectivity index (χ3n) is 3.18. The van der Waals surface area contributed by atoms with Crippen molar-refractivity contribution in [2.75, 3.05) is 19.6 Å². The van der Waals surface area contributed by atoms with Crippen LogP contribution in [0.2, 0.25) is 0 Å². The van der Waals surface area contributed by atoms with Crippen molar-refractivity contribution < 1.29 is 0 Å². The maximum Gasteiger partial charge on any atom is 0.00145 e. The van der Waals surface area contributed by atoms with E-state index >= 15 is 0 Å². The zero-order valence-corrected chi connectivity index (χ0v) is 9.06. The summed E-state index contributed by atoms with van der Waals surface area (Å²) in [4.78, 5) is 2.58. The maximum atomic E-state index is 2.58. The van der Waals surface area contributed by atoms with Crippen LogP contribution in [-0.4, -0.2) is 24.5 Å². The standard InChI is InChI=1S/C11H23N/c1-5-12-8-6-7-10(9-12)11(2,3)4/h10H,5-9H2,1-4H3. The fraction of sp³-hybridized carbons (Fsp3) is 1.00. The van der Waals surface area contributed by atoms with Crippen molar-refractivity contribution in [2.45, 2.75) is 40.5 Å². The lowest BCUT2D eigenvalue weighted by Gasteiger charge is -2.39. The summed E-state index contributed by atoms with van der Waals surface area (Å²) in [6, 6.07) is 0. The molecule has 1 aliphatic rings. The summed E-state index contributed by atoms with van der Waals surface area (Å²) in [5.41, 5.74) is 0.508. The number of nitrogens with zero attached hydrogens (tertiary/aromatic N) is 1. The van der Waals surface area contributed by atoms with Gasteiger partial charge in [-0.25, -0.2) is 0 Å². The molecular formula is C11H23N. The second-order valence-corrected chi connectivity index (χ2v) is 5.10. The normalized spacial score (nSPS) is 27.5. The molecule has 0 amide bonds. The molecule has 0 N–H and O–H groups in total. The van der Waals surface area contributed by atoms with Crippen molar-refractivity contribution in [3.05, 3.63) is 0 Å². The Kier molecular flexibility index (Phi) is 3.16. The fourth-order valence-electron chi connectivity index (χ4n) is 2.05.